The van der Waals surface area contributed by atoms with Gasteiger partial charge in [0.15, 0.2) is 11.3 Å². The molecule has 9 heteroatoms. The number of aliphatic hydroxyl groups is 1. The number of carbonyl (C=O) groups is 2. The van der Waals surface area contributed by atoms with Crippen molar-refractivity contribution in [2.24, 2.45) is 10.4 Å². The molecule has 0 radical (unpaired) electrons. The Kier molecular flexibility index (Phi) is 10.3. The van der Waals surface area contributed by atoms with Crippen LogP contribution in [0.25, 0.3) is 0 Å². The van der Waals surface area contributed by atoms with Crippen LogP contribution in [-0.2, 0) is 9.53 Å². The van der Waals surface area contributed by atoms with Crippen LogP contribution in [0.3, 0.4) is 0 Å². The average molecular weight is 505 g/mol. The lowest BCUT2D eigenvalue weighted by Gasteiger charge is -2.41. The summed E-state index contributed by atoms with van der Waals surface area (Å²) < 4.78 is 5.62. The van der Waals surface area contributed by atoms with E-state index in [0.717, 1.165) is 61.7 Å². The lowest BCUT2D eigenvalue weighted by atomic mass is 9.71. The van der Waals surface area contributed by atoms with E-state index < -0.39 is 24.1 Å². The van der Waals surface area contributed by atoms with Crippen molar-refractivity contribution >= 4 is 28.9 Å². The third-order valence-electron chi connectivity index (χ3n) is 6.92. The Balaban J connectivity index is 1.51. The quantitative estimate of drug-likeness (QED) is 0.401. The summed E-state index contributed by atoms with van der Waals surface area (Å²) in [5, 5.41) is 17.4. The van der Waals surface area contributed by atoms with Crippen LogP contribution in [-0.4, -0.2) is 71.8 Å². The van der Waals surface area contributed by atoms with Crippen LogP contribution in [0.2, 0.25) is 0 Å². The largest absolute Gasteiger partial charge is 0.449 e. The lowest BCUT2D eigenvalue weighted by molar-refractivity contribution is -0.131. The monoisotopic (exact) mass is 504 g/mol. The van der Waals surface area contributed by atoms with Gasteiger partial charge in [0.1, 0.15) is 0 Å². The van der Waals surface area contributed by atoms with Gasteiger partial charge in [-0.2, -0.15) is 0 Å². The van der Waals surface area contributed by atoms with Crippen molar-refractivity contribution in [3.8, 4) is 0 Å². The number of amides is 2. The molecular formula is C26H40N4O4S. The van der Waals surface area contributed by atoms with Crippen molar-refractivity contribution in [2.75, 3.05) is 32.5 Å². The molecule has 2 amide bonds. The van der Waals surface area contributed by atoms with Crippen LogP contribution in [0, 0.1) is 5.41 Å². The molecular weight excluding hydrogens is 464 g/mol. The van der Waals surface area contributed by atoms with Gasteiger partial charge in [0.2, 0.25) is 0 Å². The van der Waals surface area contributed by atoms with Crippen LogP contribution >= 0.6 is 11.8 Å². The van der Waals surface area contributed by atoms with Crippen LogP contribution in [0.15, 0.2) is 35.3 Å². The number of aliphatic hydroxyl groups excluding tert-OH is 1. The van der Waals surface area contributed by atoms with E-state index >= 15 is 0 Å². The number of alkyl carbamates (subject to hydrolysis) is 1. The zero-order valence-electron chi connectivity index (χ0n) is 21.2. The van der Waals surface area contributed by atoms with Crippen molar-refractivity contribution in [3.63, 3.8) is 0 Å². The average Bonchev–Trinajstić information content (AvgIpc) is 3.25. The van der Waals surface area contributed by atoms with Gasteiger partial charge in [-0.25, -0.2) is 4.79 Å². The molecule has 0 spiro atoms. The summed E-state index contributed by atoms with van der Waals surface area (Å²) >= 11 is 1.74. The van der Waals surface area contributed by atoms with E-state index in [1.807, 2.05) is 44.2 Å². The van der Waals surface area contributed by atoms with E-state index in [9.17, 15) is 14.7 Å². The van der Waals surface area contributed by atoms with Gasteiger partial charge in [0.25, 0.3) is 5.91 Å². The maximum atomic E-state index is 12.8. The van der Waals surface area contributed by atoms with Gasteiger partial charge in [-0.05, 0) is 31.7 Å². The number of nitrogens with one attached hydrogen (secondary N) is 2. The van der Waals surface area contributed by atoms with Crippen LogP contribution in [0.4, 0.5) is 4.79 Å². The Morgan fingerprint density at radius 2 is 2.00 bits per heavy atom. The molecule has 1 fully saturated rings. The summed E-state index contributed by atoms with van der Waals surface area (Å²) in [6, 6.07) is 8.61. The van der Waals surface area contributed by atoms with Crippen LogP contribution < -0.4 is 10.6 Å². The lowest BCUT2D eigenvalue weighted by Crippen LogP contribution is -2.51. The Morgan fingerprint density at radius 1 is 1.26 bits per heavy atom. The molecule has 1 saturated carbocycles. The number of likely N-dealkylation sites (N-methyl/N-ethyl adjacent to an activating group) is 1. The standard InChI is InChI=1S/C26H40N4O4S/c1-4-5-12-21(22(31)23(32)28-19(2)20-10-7-6-8-11-20)29-25(33)34-17-26(13-9-14-26)18-35-24-27-15-16-30(24)3/h6-8,10-11,19,21-22,31H,4-5,9,12-18H2,1-3H3,(H,28,32)(H,29,33)/t19-,21+,22?/m1/s1. The Bertz CT molecular complexity index is 862. The first-order valence-corrected chi connectivity index (χ1v) is 13.7. The minimum atomic E-state index is -1.36. The van der Waals surface area contributed by atoms with Gasteiger partial charge in [-0.15, -0.1) is 0 Å². The first kappa shape index (κ1) is 27.3. The minimum Gasteiger partial charge on any atom is -0.449 e. The second-order valence-electron chi connectivity index (χ2n) is 9.78. The summed E-state index contributed by atoms with van der Waals surface area (Å²) in [7, 11) is 2.05. The van der Waals surface area contributed by atoms with Crippen molar-refractivity contribution in [1.82, 2.24) is 15.5 Å². The number of aliphatic imine (C=N–C) groups is 1. The number of rotatable bonds is 12. The highest BCUT2D eigenvalue weighted by Crippen LogP contribution is 2.44. The van der Waals surface area contributed by atoms with Gasteiger partial charge in [-0.3, -0.25) is 9.79 Å². The second kappa shape index (κ2) is 13.2. The fourth-order valence-corrected chi connectivity index (χ4v) is 5.65. The zero-order valence-corrected chi connectivity index (χ0v) is 22.0. The molecule has 1 unspecified atom stereocenters. The number of carbonyl (C=O) groups excluding carboxylic acids is 2. The number of hydrogen-bond donors (Lipinski definition) is 3. The highest BCUT2D eigenvalue weighted by molar-refractivity contribution is 8.13. The molecule has 1 aliphatic carbocycles. The van der Waals surface area contributed by atoms with Gasteiger partial charge in [0.05, 0.1) is 25.2 Å². The smallest absolute Gasteiger partial charge is 0.407 e. The van der Waals surface area contributed by atoms with Crippen molar-refractivity contribution in [1.29, 1.82) is 0 Å². The molecule has 0 bridgehead atoms. The second-order valence-corrected chi connectivity index (χ2v) is 10.7. The summed E-state index contributed by atoms with van der Waals surface area (Å²) in [5.74, 6) is 0.363. The first-order chi connectivity index (χ1) is 16.8. The zero-order chi connectivity index (χ0) is 25.3. The molecule has 1 aliphatic heterocycles. The molecule has 1 heterocycles. The molecule has 8 nitrogen and oxygen atoms in total. The predicted molar refractivity (Wildman–Crippen MR) is 140 cm³/mol. The number of ether oxygens (including phenoxy) is 1. The van der Waals surface area contributed by atoms with E-state index in [2.05, 4.69) is 27.6 Å². The molecule has 0 saturated heterocycles. The Labute approximate surface area is 213 Å². The number of thioether (sulfide) groups is 1. The third kappa shape index (κ3) is 7.87. The normalized spacial score (nSPS) is 19.2. The van der Waals surface area contributed by atoms with E-state index in [0.29, 0.717) is 13.0 Å². The molecule has 3 N–H and O–H groups in total. The minimum absolute atomic E-state index is 0.0338. The Hall–Kier alpha value is -2.26. The molecule has 194 valence electrons. The third-order valence-corrected chi connectivity index (χ3v) is 8.38. The maximum absolute atomic E-state index is 12.8. The van der Waals surface area contributed by atoms with Crippen molar-refractivity contribution in [3.05, 3.63) is 35.9 Å². The predicted octanol–water partition coefficient (Wildman–Crippen LogP) is 3.71. The Morgan fingerprint density at radius 3 is 2.60 bits per heavy atom. The molecule has 2 aliphatic rings. The van der Waals surface area contributed by atoms with Gasteiger partial charge in [-0.1, -0.05) is 68.3 Å². The maximum Gasteiger partial charge on any atom is 0.407 e. The van der Waals surface area contributed by atoms with E-state index in [1.54, 1.807) is 11.8 Å². The van der Waals surface area contributed by atoms with Gasteiger partial charge in [0, 0.05) is 24.8 Å². The van der Waals surface area contributed by atoms with E-state index in [4.69, 9.17) is 4.74 Å². The number of amidine groups is 1. The summed E-state index contributed by atoms with van der Waals surface area (Å²) in [6.45, 7) is 6.02. The molecule has 1 aromatic carbocycles. The molecule has 3 rings (SSSR count). The molecule has 0 aromatic heterocycles. The number of nitrogens with zero attached hydrogens (tertiary/aromatic N) is 2. The molecule has 35 heavy (non-hydrogen) atoms. The highest BCUT2D eigenvalue weighted by atomic mass is 32.2. The van der Waals surface area contributed by atoms with Gasteiger partial charge >= 0.3 is 6.09 Å². The van der Waals surface area contributed by atoms with Crippen LogP contribution in [0.5, 0.6) is 0 Å². The summed E-state index contributed by atoms with van der Waals surface area (Å²) in [5.41, 5.74) is 0.914. The van der Waals surface area contributed by atoms with Crippen molar-refractivity contribution in [2.45, 2.75) is 70.6 Å². The number of unbranched alkanes of at least 4 members (excludes halogenated alkanes) is 1. The highest BCUT2D eigenvalue weighted by Gasteiger charge is 2.39. The van der Waals surface area contributed by atoms with Crippen molar-refractivity contribution < 1.29 is 19.4 Å². The summed E-state index contributed by atoms with van der Waals surface area (Å²) in [4.78, 5) is 32.1. The van der Waals surface area contributed by atoms with Gasteiger partial charge < -0.3 is 25.4 Å². The van der Waals surface area contributed by atoms with Crippen LogP contribution in [0.1, 0.15) is 64.0 Å². The molecule has 1 aromatic rings. The topological polar surface area (TPSA) is 103 Å². The fraction of sp³-hybridized carbons (Fsp3) is 0.654. The molecule has 3 atom stereocenters. The fourth-order valence-electron chi connectivity index (χ4n) is 4.34. The van der Waals surface area contributed by atoms with E-state index in [-0.39, 0.29) is 11.5 Å². The number of benzene rings is 1. The summed E-state index contributed by atoms with van der Waals surface area (Å²) in [6.07, 6.45) is 3.39. The number of hydrogen-bond acceptors (Lipinski definition) is 7. The van der Waals surface area contributed by atoms with E-state index in [1.165, 1.54) is 0 Å². The first-order valence-electron chi connectivity index (χ1n) is 12.7. The SMILES string of the molecule is CCCC[C@H](NC(=O)OCC1(CSC2=NCCN2C)CCC1)C(O)C(=O)N[C@H](C)c1ccccc1.